The van der Waals surface area contributed by atoms with Gasteiger partial charge in [-0.05, 0) is 12.8 Å². The summed E-state index contributed by atoms with van der Waals surface area (Å²) in [6.45, 7) is 4.04. The first-order valence-corrected chi connectivity index (χ1v) is 5.67. The Bertz CT molecular complexity index is 140. The smallest absolute Gasteiger partial charge is 0.109 e. The first-order valence-electron chi connectivity index (χ1n) is 5.67. The van der Waals surface area contributed by atoms with Crippen molar-refractivity contribution in [3.05, 3.63) is 0 Å². The van der Waals surface area contributed by atoms with Crippen LogP contribution in [0.2, 0.25) is 0 Å². The number of ether oxygens (including phenoxy) is 1. The highest BCUT2D eigenvalue weighted by molar-refractivity contribution is 4.66. The zero-order valence-corrected chi connectivity index (χ0v) is 9.86. The van der Waals surface area contributed by atoms with Crippen molar-refractivity contribution in [1.29, 1.82) is 0 Å². The minimum absolute atomic E-state index is 0.0760. The van der Waals surface area contributed by atoms with Crippen LogP contribution in [-0.2, 0) is 4.74 Å². The highest BCUT2D eigenvalue weighted by Crippen LogP contribution is 2.04. The first-order chi connectivity index (χ1) is 6.99. The van der Waals surface area contributed by atoms with Gasteiger partial charge in [-0.25, -0.2) is 0 Å². The molecule has 15 heavy (non-hydrogen) atoms. The lowest BCUT2D eigenvalue weighted by Crippen LogP contribution is -2.41. The fourth-order valence-electron chi connectivity index (χ4n) is 1.27. The van der Waals surface area contributed by atoms with Crippen molar-refractivity contribution in [3.63, 3.8) is 0 Å². The Morgan fingerprint density at radius 1 is 0.800 bits per heavy atom. The van der Waals surface area contributed by atoms with E-state index < -0.39 is 0 Å². The lowest BCUT2D eigenvalue weighted by atomic mass is 10.1. The lowest BCUT2D eigenvalue weighted by molar-refractivity contribution is -0.0194. The van der Waals surface area contributed by atoms with Gasteiger partial charge in [-0.15, -0.1) is 0 Å². The maximum Gasteiger partial charge on any atom is 0.109 e. The van der Waals surface area contributed by atoms with Gasteiger partial charge in [-0.1, -0.05) is 13.8 Å². The summed E-state index contributed by atoms with van der Waals surface area (Å²) >= 11 is 0. The quantitative estimate of drug-likeness (QED) is 0.422. The van der Waals surface area contributed by atoms with E-state index in [1.165, 1.54) is 0 Å². The van der Waals surface area contributed by atoms with E-state index in [1.807, 2.05) is 13.8 Å². The second-order valence-corrected chi connectivity index (χ2v) is 4.02. The topological polar surface area (TPSA) is 113 Å². The molecule has 0 aromatic heterocycles. The molecule has 0 aliphatic heterocycles. The average molecular weight is 218 g/mol. The fourth-order valence-corrected chi connectivity index (χ4v) is 1.27. The van der Waals surface area contributed by atoms with Gasteiger partial charge in [-0.2, -0.15) is 0 Å². The highest BCUT2D eigenvalue weighted by atomic mass is 16.5. The Labute approximate surface area is 92.5 Å². The van der Waals surface area contributed by atoms with Crippen molar-refractivity contribution in [2.75, 3.05) is 0 Å². The molecule has 0 fully saturated rings. The average Bonchev–Trinajstić information content (AvgIpc) is 2.16. The van der Waals surface area contributed by atoms with E-state index in [9.17, 15) is 0 Å². The van der Waals surface area contributed by atoms with Gasteiger partial charge >= 0.3 is 0 Å². The Kier molecular flexibility index (Phi) is 7.90. The number of hydrogen-bond acceptors (Lipinski definition) is 5. The van der Waals surface area contributed by atoms with E-state index >= 15 is 0 Å². The fraction of sp³-hybridized carbons (Fsp3) is 1.00. The number of hydrogen-bond donors (Lipinski definition) is 4. The van der Waals surface area contributed by atoms with Crippen LogP contribution in [0.15, 0.2) is 0 Å². The van der Waals surface area contributed by atoms with Gasteiger partial charge in [0.05, 0.1) is 0 Å². The third kappa shape index (κ3) is 7.70. The maximum atomic E-state index is 5.75. The van der Waals surface area contributed by atoms with Crippen LogP contribution in [0, 0.1) is 0 Å². The standard InChI is InChI=1S/C10H26N4O/c1-3-7(11)5-9(13)15-10(14)6-8(12)4-2/h7-10H,3-6,11-14H2,1-2H3. The molecule has 0 bridgehead atoms. The summed E-state index contributed by atoms with van der Waals surface area (Å²) in [5, 5.41) is 0. The molecule has 92 valence electrons. The third-order valence-corrected chi connectivity index (χ3v) is 2.47. The van der Waals surface area contributed by atoms with Crippen LogP contribution in [0.5, 0.6) is 0 Å². The van der Waals surface area contributed by atoms with Crippen molar-refractivity contribution in [2.24, 2.45) is 22.9 Å². The van der Waals surface area contributed by atoms with E-state index in [0.29, 0.717) is 12.8 Å². The van der Waals surface area contributed by atoms with Crippen molar-refractivity contribution in [2.45, 2.75) is 64.1 Å². The van der Waals surface area contributed by atoms with E-state index in [-0.39, 0.29) is 24.5 Å². The van der Waals surface area contributed by atoms with Crippen molar-refractivity contribution < 1.29 is 4.74 Å². The van der Waals surface area contributed by atoms with Gasteiger partial charge < -0.3 is 27.7 Å². The predicted octanol–water partition coefficient (Wildman–Crippen LogP) is -0.173. The summed E-state index contributed by atoms with van der Waals surface area (Å²) in [5.74, 6) is 0. The molecular weight excluding hydrogens is 192 g/mol. The van der Waals surface area contributed by atoms with Crippen LogP contribution in [0.3, 0.4) is 0 Å². The molecule has 0 radical (unpaired) electrons. The molecular formula is C10H26N4O. The molecule has 5 nitrogen and oxygen atoms in total. The molecule has 0 heterocycles. The number of nitrogens with two attached hydrogens (primary N) is 4. The van der Waals surface area contributed by atoms with Gasteiger partial charge in [0, 0.05) is 24.9 Å². The summed E-state index contributed by atoms with van der Waals surface area (Å²) in [6.07, 6.45) is 2.26. The van der Waals surface area contributed by atoms with E-state index in [1.54, 1.807) is 0 Å². The normalized spacial score (nSPS) is 19.6. The molecule has 8 N–H and O–H groups in total. The largest absolute Gasteiger partial charge is 0.346 e. The SMILES string of the molecule is CCC(N)CC(N)OC(N)CC(N)CC. The zero-order chi connectivity index (χ0) is 11.8. The summed E-state index contributed by atoms with van der Waals surface area (Å²) in [4.78, 5) is 0. The van der Waals surface area contributed by atoms with E-state index in [4.69, 9.17) is 27.7 Å². The molecule has 0 rings (SSSR count). The molecule has 0 amide bonds. The van der Waals surface area contributed by atoms with Gasteiger partial charge in [0.1, 0.15) is 12.5 Å². The summed E-state index contributed by atoms with van der Waals surface area (Å²) in [5.41, 5.74) is 23.0. The van der Waals surface area contributed by atoms with Crippen LogP contribution in [0.4, 0.5) is 0 Å². The Hall–Kier alpha value is -0.200. The predicted molar refractivity (Wildman–Crippen MR) is 62.8 cm³/mol. The van der Waals surface area contributed by atoms with Crippen LogP contribution in [0.25, 0.3) is 0 Å². The van der Waals surface area contributed by atoms with Gasteiger partial charge in [0.25, 0.3) is 0 Å². The van der Waals surface area contributed by atoms with E-state index in [2.05, 4.69) is 0 Å². The maximum absolute atomic E-state index is 5.75. The Morgan fingerprint density at radius 2 is 1.13 bits per heavy atom. The molecule has 0 spiro atoms. The van der Waals surface area contributed by atoms with Crippen molar-refractivity contribution in [1.82, 2.24) is 0 Å². The molecule has 0 saturated heterocycles. The van der Waals surface area contributed by atoms with Crippen molar-refractivity contribution >= 4 is 0 Å². The Morgan fingerprint density at radius 3 is 1.40 bits per heavy atom. The summed E-state index contributed by atoms with van der Waals surface area (Å²) in [7, 11) is 0. The summed E-state index contributed by atoms with van der Waals surface area (Å²) in [6, 6.07) is 0.152. The lowest BCUT2D eigenvalue weighted by Gasteiger charge is -2.22. The molecule has 0 aliphatic rings. The van der Waals surface area contributed by atoms with Crippen molar-refractivity contribution in [3.8, 4) is 0 Å². The molecule has 0 aliphatic carbocycles. The van der Waals surface area contributed by atoms with Crippen LogP contribution in [-0.4, -0.2) is 24.5 Å². The highest BCUT2D eigenvalue weighted by Gasteiger charge is 2.14. The summed E-state index contributed by atoms with van der Waals surface area (Å²) < 4.78 is 5.39. The second kappa shape index (κ2) is 8.01. The minimum Gasteiger partial charge on any atom is -0.346 e. The first kappa shape index (κ1) is 14.8. The molecule has 0 saturated carbocycles. The van der Waals surface area contributed by atoms with Crippen LogP contribution in [0.1, 0.15) is 39.5 Å². The molecule has 4 unspecified atom stereocenters. The van der Waals surface area contributed by atoms with Gasteiger partial charge in [0.15, 0.2) is 0 Å². The van der Waals surface area contributed by atoms with Crippen LogP contribution >= 0.6 is 0 Å². The minimum atomic E-state index is -0.390. The zero-order valence-electron chi connectivity index (χ0n) is 9.86. The second-order valence-electron chi connectivity index (χ2n) is 4.02. The molecule has 4 atom stereocenters. The van der Waals surface area contributed by atoms with Gasteiger partial charge in [0.2, 0.25) is 0 Å². The monoisotopic (exact) mass is 218 g/mol. The molecule has 5 heteroatoms. The number of rotatable bonds is 8. The molecule has 0 aromatic rings. The van der Waals surface area contributed by atoms with Gasteiger partial charge in [-0.3, -0.25) is 0 Å². The Balaban J connectivity index is 3.70. The molecule has 0 aromatic carbocycles. The third-order valence-electron chi connectivity index (χ3n) is 2.47. The van der Waals surface area contributed by atoms with Crippen LogP contribution < -0.4 is 22.9 Å². The van der Waals surface area contributed by atoms with E-state index in [0.717, 1.165) is 12.8 Å².